The summed E-state index contributed by atoms with van der Waals surface area (Å²) in [6.45, 7) is 8.35. The summed E-state index contributed by atoms with van der Waals surface area (Å²) in [6.07, 6.45) is 4.79. The van der Waals surface area contributed by atoms with E-state index in [0.29, 0.717) is 18.6 Å². The number of urea groups is 1. The van der Waals surface area contributed by atoms with Gasteiger partial charge in [0.15, 0.2) is 0 Å². The number of carbonyl (C=O) groups excluding carboxylic acids is 1. The second kappa shape index (κ2) is 8.47. The van der Waals surface area contributed by atoms with Crippen LogP contribution in [0.3, 0.4) is 0 Å². The van der Waals surface area contributed by atoms with Gasteiger partial charge in [0.1, 0.15) is 0 Å². The van der Waals surface area contributed by atoms with Crippen molar-refractivity contribution >= 4 is 16.9 Å². The zero-order valence-corrected chi connectivity index (χ0v) is 19.1. The summed E-state index contributed by atoms with van der Waals surface area (Å²) in [5, 5.41) is 4.78. The monoisotopic (exact) mass is 424 g/mol. The lowest BCUT2D eigenvalue weighted by atomic mass is 9.73. The maximum atomic E-state index is 12.8. The number of H-pyrrole nitrogens is 1. The highest BCUT2D eigenvalue weighted by Crippen LogP contribution is 2.45. The summed E-state index contributed by atoms with van der Waals surface area (Å²) in [5.74, 6) is 1.29. The summed E-state index contributed by atoms with van der Waals surface area (Å²) in [6, 6.07) is 7.47. The van der Waals surface area contributed by atoms with E-state index in [9.17, 15) is 4.79 Å². The van der Waals surface area contributed by atoms with E-state index in [2.05, 4.69) is 33.4 Å². The molecule has 5 rings (SSSR count). The first-order chi connectivity index (χ1) is 15.1. The van der Waals surface area contributed by atoms with Crippen LogP contribution in [0.1, 0.15) is 55.8 Å². The minimum absolute atomic E-state index is 0.0820. The van der Waals surface area contributed by atoms with E-state index in [4.69, 9.17) is 4.74 Å². The SMILES string of the molecule is CCN(CC)C(=O)N[C@H]1C[C@@H]2c3cccc4[nH]c(COC)c(c34)C[C@H]2N(CC2CC2)C1. The van der Waals surface area contributed by atoms with Crippen molar-refractivity contribution < 1.29 is 9.53 Å². The second-order valence-corrected chi connectivity index (χ2v) is 9.61. The zero-order chi connectivity index (χ0) is 21.5. The molecular weight excluding hydrogens is 388 g/mol. The number of carbonyl (C=O) groups is 1. The van der Waals surface area contributed by atoms with Crippen LogP contribution in [0, 0.1) is 5.92 Å². The fraction of sp³-hybridized carbons (Fsp3) is 0.640. The lowest BCUT2D eigenvalue weighted by Gasteiger charge is -2.47. The maximum absolute atomic E-state index is 12.8. The van der Waals surface area contributed by atoms with E-state index in [0.717, 1.165) is 44.9 Å². The minimum atomic E-state index is 0.0820. The molecular formula is C25H36N4O2. The number of hydrogen-bond donors (Lipinski definition) is 2. The quantitative estimate of drug-likeness (QED) is 0.710. The first-order valence-corrected chi connectivity index (χ1v) is 12.0. The molecule has 2 aromatic rings. The van der Waals surface area contributed by atoms with Gasteiger partial charge in [-0.25, -0.2) is 4.79 Å². The van der Waals surface area contributed by atoms with Gasteiger partial charge in [-0.1, -0.05) is 12.1 Å². The zero-order valence-electron chi connectivity index (χ0n) is 19.1. The van der Waals surface area contributed by atoms with Crippen molar-refractivity contribution in [3.05, 3.63) is 35.0 Å². The molecule has 0 spiro atoms. The van der Waals surface area contributed by atoms with Gasteiger partial charge in [-0.2, -0.15) is 0 Å². The number of nitrogens with one attached hydrogen (secondary N) is 2. The van der Waals surface area contributed by atoms with Crippen molar-refractivity contribution in [3.8, 4) is 0 Å². The van der Waals surface area contributed by atoms with E-state index in [-0.39, 0.29) is 12.1 Å². The Bertz CT molecular complexity index is 946. The lowest BCUT2D eigenvalue weighted by Crippen LogP contribution is -2.58. The van der Waals surface area contributed by atoms with Crippen molar-refractivity contribution in [2.75, 3.05) is 33.3 Å². The van der Waals surface area contributed by atoms with Crippen LogP contribution in [-0.4, -0.2) is 66.2 Å². The summed E-state index contributed by atoms with van der Waals surface area (Å²) < 4.78 is 5.51. The van der Waals surface area contributed by atoms with Crippen LogP contribution in [0.2, 0.25) is 0 Å². The Morgan fingerprint density at radius 1 is 1.29 bits per heavy atom. The number of hydrogen-bond acceptors (Lipinski definition) is 3. The molecule has 2 aliphatic carbocycles. The number of benzene rings is 1. The van der Waals surface area contributed by atoms with Crippen molar-refractivity contribution in [1.82, 2.24) is 20.1 Å². The molecule has 0 bridgehead atoms. The molecule has 3 aliphatic rings. The molecule has 168 valence electrons. The fourth-order valence-corrected chi connectivity index (χ4v) is 5.95. The largest absolute Gasteiger partial charge is 0.378 e. The predicted molar refractivity (Wildman–Crippen MR) is 123 cm³/mol. The highest BCUT2D eigenvalue weighted by Gasteiger charge is 2.43. The molecule has 6 heteroatoms. The van der Waals surface area contributed by atoms with E-state index < -0.39 is 0 Å². The standard InChI is InChI=1S/C25H36N4O2/c1-4-28(5-2)25(30)26-17-11-19-18-7-6-8-21-24(18)20(22(27-21)15-31-3)12-23(19)29(14-17)13-16-9-10-16/h6-8,16-17,19,23,27H,4-5,9-15H2,1-3H3,(H,26,30)/t17-,19+,23+/m0/s1. The van der Waals surface area contributed by atoms with Gasteiger partial charge in [0.2, 0.25) is 0 Å². The maximum Gasteiger partial charge on any atom is 0.317 e. The molecule has 6 nitrogen and oxygen atoms in total. The average Bonchev–Trinajstić information content (AvgIpc) is 3.51. The molecule has 1 aromatic carbocycles. The molecule has 2 amide bonds. The number of methoxy groups -OCH3 is 1. The predicted octanol–water partition coefficient (Wildman–Crippen LogP) is 3.86. The molecule has 3 atom stereocenters. The highest BCUT2D eigenvalue weighted by molar-refractivity contribution is 5.89. The van der Waals surface area contributed by atoms with Gasteiger partial charge in [0.05, 0.1) is 6.61 Å². The normalized spacial score (nSPS) is 25.5. The second-order valence-electron chi connectivity index (χ2n) is 9.61. The van der Waals surface area contributed by atoms with Crippen LogP contribution in [0.4, 0.5) is 4.79 Å². The molecule has 2 fully saturated rings. The first-order valence-electron chi connectivity index (χ1n) is 12.0. The Balaban J connectivity index is 1.48. The van der Waals surface area contributed by atoms with Crippen molar-refractivity contribution in [2.45, 2.75) is 64.1 Å². The van der Waals surface area contributed by atoms with Crippen LogP contribution in [0.15, 0.2) is 18.2 Å². The number of amides is 2. The number of nitrogens with zero attached hydrogens (tertiary/aromatic N) is 2. The van der Waals surface area contributed by atoms with E-state index in [1.807, 2.05) is 18.7 Å². The first kappa shape index (κ1) is 20.8. The summed E-state index contributed by atoms with van der Waals surface area (Å²) in [7, 11) is 1.77. The number of rotatable bonds is 7. The number of aromatic amines is 1. The van der Waals surface area contributed by atoms with E-state index in [1.165, 1.54) is 40.6 Å². The lowest BCUT2D eigenvalue weighted by molar-refractivity contribution is 0.0926. The van der Waals surface area contributed by atoms with Crippen LogP contribution < -0.4 is 5.32 Å². The third kappa shape index (κ3) is 3.85. The van der Waals surface area contributed by atoms with Gasteiger partial charge >= 0.3 is 6.03 Å². The Kier molecular flexibility index (Phi) is 5.69. The fourth-order valence-electron chi connectivity index (χ4n) is 5.95. The van der Waals surface area contributed by atoms with Crippen LogP contribution in [0.25, 0.3) is 10.9 Å². The topological polar surface area (TPSA) is 60.6 Å². The number of likely N-dealkylation sites (tertiary alicyclic amines) is 1. The van der Waals surface area contributed by atoms with Crippen molar-refractivity contribution in [1.29, 1.82) is 0 Å². The summed E-state index contributed by atoms with van der Waals surface area (Å²) in [4.78, 5) is 21.0. The summed E-state index contributed by atoms with van der Waals surface area (Å²) in [5.41, 5.74) is 5.35. The number of fused-ring (bicyclic) bond motifs is 2. The number of piperidine rings is 1. The molecule has 1 saturated heterocycles. The van der Waals surface area contributed by atoms with Crippen LogP contribution >= 0.6 is 0 Å². The minimum Gasteiger partial charge on any atom is -0.378 e. The molecule has 31 heavy (non-hydrogen) atoms. The van der Waals surface area contributed by atoms with Gasteiger partial charge in [-0.15, -0.1) is 0 Å². The molecule has 0 radical (unpaired) electrons. The Morgan fingerprint density at radius 2 is 2.10 bits per heavy atom. The van der Waals surface area contributed by atoms with Gasteiger partial charge in [0, 0.05) is 67.9 Å². The van der Waals surface area contributed by atoms with Crippen LogP contribution in [0.5, 0.6) is 0 Å². The van der Waals surface area contributed by atoms with Crippen LogP contribution in [-0.2, 0) is 17.8 Å². The van der Waals surface area contributed by atoms with E-state index >= 15 is 0 Å². The molecule has 2 N–H and O–H groups in total. The highest BCUT2D eigenvalue weighted by atomic mass is 16.5. The third-order valence-electron chi connectivity index (χ3n) is 7.64. The Labute approximate surface area is 185 Å². The molecule has 1 aliphatic heterocycles. The average molecular weight is 425 g/mol. The Morgan fingerprint density at radius 3 is 2.81 bits per heavy atom. The number of ether oxygens (including phenoxy) is 1. The van der Waals surface area contributed by atoms with Gasteiger partial charge in [-0.05, 0) is 62.6 Å². The van der Waals surface area contributed by atoms with E-state index in [1.54, 1.807) is 7.11 Å². The summed E-state index contributed by atoms with van der Waals surface area (Å²) >= 11 is 0. The van der Waals surface area contributed by atoms with Crippen molar-refractivity contribution in [2.24, 2.45) is 5.92 Å². The smallest absolute Gasteiger partial charge is 0.317 e. The molecule has 0 unspecified atom stereocenters. The molecule has 2 heterocycles. The van der Waals surface area contributed by atoms with Crippen molar-refractivity contribution in [3.63, 3.8) is 0 Å². The molecule has 1 aromatic heterocycles. The van der Waals surface area contributed by atoms with Gasteiger partial charge < -0.3 is 19.9 Å². The van der Waals surface area contributed by atoms with Gasteiger partial charge in [-0.3, -0.25) is 4.90 Å². The molecule has 1 saturated carbocycles. The third-order valence-corrected chi connectivity index (χ3v) is 7.64. The Hall–Kier alpha value is -2.05. The van der Waals surface area contributed by atoms with Gasteiger partial charge in [0.25, 0.3) is 0 Å². The number of aromatic nitrogens is 1.